The summed E-state index contributed by atoms with van der Waals surface area (Å²) < 4.78 is 15.7. The standard InChI is InChI=1S/C26H16O2S/c1-3-9-18-16(7-1)15-27-26(18)19-10-4-5-11-20(19)28-21-13-14-23-24(25(21)26)17-8-2-6-12-22(17)29-23/h1-14H,15H2. The minimum atomic E-state index is -0.649. The normalized spacial score (nSPS) is 19.2. The lowest BCUT2D eigenvalue weighted by atomic mass is 9.76. The Morgan fingerprint density at radius 3 is 2.45 bits per heavy atom. The van der Waals surface area contributed by atoms with E-state index in [-0.39, 0.29) is 0 Å². The molecule has 0 fully saturated rings. The predicted molar refractivity (Wildman–Crippen MR) is 117 cm³/mol. The Bertz CT molecular complexity index is 1450. The summed E-state index contributed by atoms with van der Waals surface area (Å²) in [5.41, 5.74) is 4.03. The number of thiophene rings is 1. The quantitative estimate of drug-likeness (QED) is 0.283. The largest absolute Gasteiger partial charge is 0.456 e. The molecule has 4 aromatic carbocycles. The fourth-order valence-corrected chi connectivity index (χ4v) is 6.13. The molecular weight excluding hydrogens is 376 g/mol. The third-order valence-electron chi connectivity index (χ3n) is 6.18. The fraction of sp³-hybridized carbons (Fsp3) is 0.0769. The van der Waals surface area contributed by atoms with Crippen molar-refractivity contribution in [2.75, 3.05) is 0 Å². The molecular formula is C26H16O2S. The maximum absolute atomic E-state index is 6.76. The summed E-state index contributed by atoms with van der Waals surface area (Å²) in [6.07, 6.45) is 0. The minimum Gasteiger partial charge on any atom is -0.456 e. The third kappa shape index (κ3) is 1.89. The molecule has 1 aromatic heterocycles. The van der Waals surface area contributed by atoms with E-state index in [1.807, 2.05) is 23.5 Å². The lowest BCUT2D eigenvalue weighted by Crippen LogP contribution is -2.32. The molecule has 1 unspecified atom stereocenters. The van der Waals surface area contributed by atoms with Crippen molar-refractivity contribution in [2.24, 2.45) is 0 Å². The van der Waals surface area contributed by atoms with Crippen molar-refractivity contribution in [1.29, 1.82) is 0 Å². The van der Waals surface area contributed by atoms with Crippen molar-refractivity contribution in [3.05, 3.63) is 107 Å². The number of rotatable bonds is 0. The Labute approximate surface area is 171 Å². The lowest BCUT2D eigenvalue weighted by Gasteiger charge is -2.37. The summed E-state index contributed by atoms with van der Waals surface area (Å²) in [6.45, 7) is 0.600. The first kappa shape index (κ1) is 15.7. The predicted octanol–water partition coefficient (Wildman–Crippen LogP) is 6.98. The molecule has 3 heteroatoms. The summed E-state index contributed by atoms with van der Waals surface area (Å²) in [7, 11) is 0. The van der Waals surface area contributed by atoms with Crippen LogP contribution in [0.2, 0.25) is 0 Å². The zero-order chi connectivity index (χ0) is 19.0. The van der Waals surface area contributed by atoms with Gasteiger partial charge in [0, 0.05) is 31.3 Å². The highest BCUT2D eigenvalue weighted by Gasteiger charge is 2.50. The van der Waals surface area contributed by atoms with Gasteiger partial charge in [0.05, 0.1) is 6.61 Å². The van der Waals surface area contributed by atoms with Crippen molar-refractivity contribution in [2.45, 2.75) is 12.2 Å². The fourth-order valence-electron chi connectivity index (χ4n) is 5.01. The summed E-state index contributed by atoms with van der Waals surface area (Å²) in [4.78, 5) is 0. The second-order valence-electron chi connectivity index (χ2n) is 7.64. The first-order chi connectivity index (χ1) is 14.4. The van der Waals surface area contributed by atoms with E-state index >= 15 is 0 Å². The number of hydrogen-bond donors (Lipinski definition) is 0. The lowest BCUT2D eigenvalue weighted by molar-refractivity contribution is 0.0212. The van der Waals surface area contributed by atoms with Gasteiger partial charge in [-0.25, -0.2) is 0 Å². The van der Waals surface area contributed by atoms with Gasteiger partial charge in [0.2, 0.25) is 0 Å². The van der Waals surface area contributed by atoms with E-state index in [0.717, 1.165) is 22.6 Å². The van der Waals surface area contributed by atoms with Gasteiger partial charge >= 0.3 is 0 Å². The van der Waals surface area contributed by atoms with Crippen LogP contribution in [0.5, 0.6) is 11.5 Å². The Balaban J connectivity index is 1.71. The minimum absolute atomic E-state index is 0.600. The Morgan fingerprint density at radius 1 is 0.690 bits per heavy atom. The molecule has 2 aliphatic rings. The first-order valence-electron chi connectivity index (χ1n) is 9.81. The smallest absolute Gasteiger partial charge is 0.152 e. The van der Waals surface area contributed by atoms with E-state index in [4.69, 9.17) is 9.47 Å². The number of para-hydroxylation sites is 1. The Hall–Kier alpha value is -3.14. The molecule has 2 nitrogen and oxygen atoms in total. The van der Waals surface area contributed by atoms with E-state index in [1.165, 1.54) is 31.3 Å². The maximum Gasteiger partial charge on any atom is 0.152 e. The van der Waals surface area contributed by atoms with Crippen LogP contribution in [0.3, 0.4) is 0 Å². The van der Waals surface area contributed by atoms with Crippen LogP contribution >= 0.6 is 11.3 Å². The van der Waals surface area contributed by atoms with Gasteiger partial charge in [0.25, 0.3) is 0 Å². The van der Waals surface area contributed by atoms with E-state index in [9.17, 15) is 0 Å². The van der Waals surface area contributed by atoms with Crippen LogP contribution < -0.4 is 4.74 Å². The molecule has 138 valence electrons. The molecule has 2 aliphatic heterocycles. The summed E-state index contributed by atoms with van der Waals surface area (Å²) >= 11 is 1.83. The molecule has 0 amide bonds. The third-order valence-corrected chi connectivity index (χ3v) is 7.32. The molecule has 1 spiro atoms. The second-order valence-corrected chi connectivity index (χ2v) is 8.72. The molecule has 0 saturated heterocycles. The number of ether oxygens (including phenoxy) is 2. The monoisotopic (exact) mass is 392 g/mol. The van der Waals surface area contributed by atoms with Crippen LogP contribution in [0.25, 0.3) is 20.2 Å². The highest BCUT2D eigenvalue weighted by Crippen LogP contribution is 2.59. The number of fused-ring (bicyclic) bond motifs is 10. The van der Waals surface area contributed by atoms with Crippen LogP contribution in [0.15, 0.2) is 84.9 Å². The Kier molecular flexibility index (Phi) is 2.97. The zero-order valence-corrected chi connectivity index (χ0v) is 16.3. The van der Waals surface area contributed by atoms with Gasteiger partial charge in [-0.2, -0.15) is 0 Å². The van der Waals surface area contributed by atoms with Crippen LogP contribution in [0.1, 0.15) is 22.3 Å². The first-order valence-corrected chi connectivity index (χ1v) is 10.6. The molecule has 5 aromatic rings. The van der Waals surface area contributed by atoms with Gasteiger partial charge in [-0.15, -0.1) is 11.3 Å². The number of benzene rings is 4. The Morgan fingerprint density at radius 2 is 1.48 bits per heavy atom. The van der Waals surface area contributed by atoms with E-state index in [2.05, 4.69) is 72.8 Å². The van der Waals surface area contributed by atoms with Gasteiger partial charge in [0.1, 0.15) is 11.5 Å². The maximum atomic E-state index is 6.76. The van der Waals surface area contributed by atoms with Gasteiger partial charge in [-0.05, 0) is 35.4 Å². The topological polar surface area (TPSA) is 18.5 Å². The van der Waals surface area contributed by atoms with Gasteiger partial charge in [-0.3, -0.25) is 0 Å². The highest BCUT2D eigenvalue weighted by molar-refractivity contribution is 7.25. The average molecular weight is 392 g/mol. The SMILES string of the molecule is c1ccc2c(c1)COC21c2ccccc2Oc2ccc3sc4ccccc4c3c21. The summed E-state index contributed by atoms with van der Waals surface area (Å²) in [5.74, 6) is 1.76. The zero-order valence-electron chi connectivity index (χ0n) is 15.5. The molecule has 29 heavy (non-hydrogen) atoms. The second kappa shape index (κ2) is 5.47. The van der Waals surface area contributed by atoms with Crippen LogP contribution in [0, 0.1) is 0 Å². The van der Waals surface area contributed by atoms with Gasteiger partial charge < -0.3 is 9.47 Å². The van der Waals surface area contributed by atoms with E-state index in [0.29, 0.717) is 6.61 Å². The van der Waals surface area contributed by atoms with E-state index < -0.39 is 5.60 Å². The van der Waals surface area contributed by atoms with E-state index in [1.54, 1.807) is 0 Å². The van der Waals surface area contributed by atoms with Crippen molar-refractivity contribution in [3.63, 3.8) is 0 Å². The van der Waals surface area contributed by atoms with Crippen molar-refractivity contribution in [1.82, 2.24) is 0 Å². The highest BCUT2D eigenvalue weighted by atomic mass is 32.1. The van der Waals surface area contributed by atoms with Crippen LogP contribution in [-0.2, 0) is 16.9 Å². The molecule has 3 heterocycles. The van der Waals surface area contributed by atoms with Crippen molar-refractivity contribution >= 4 is 31.5 Å². The summed E-state index contributed by atoms with van der Waals surface area (Å²) in [5, 5.41) is 2.51. The molecule has 1 atom stereocenters. The molecule has 0 radical (unpaired) electrons. The number of hydrogen-bond acceptors (Lipinski definition) is 3. The van der Waals surface area contributed by atoms with Crippen LogP contribution in [-0.4, -0.2) is 0 Å². The average Bonchev–Trinajstić information content (AvgIpc) is 3.34. The van der Waals surface area contributed by atoms with Crippen LogP contribution in [0.4, 0.5) is 0 Å². The summed E-state index contributed by atoms with van der Waals surface area (Å²) in [6, 6.07) is 29.8. The molecule has 0 aliphatic carbocycles. The molecule has 0 bridgehead atoms. The van der Waals surface area contributed by atoms with Crippen molar-refractivity contribution in [3.8, 4) is 11.5 Å². The van der Waals surface area contributed by atoms with Gasteiger partial charge in [0.15, 0.2) is 5.60 Å². The molecule has 7 rings (SSSR count). The van der Waals surface area contributed by atoms with Crippen molar-refractivity contribution < 1.29 is 9.47 Å². The molecule has 0 saturated carbocycles. The molecule has 0 N–H and O–H groups in total. The van der Waals surface area contributed by atoms with Gasteiger partial charge in [-0.1, -0.05) is 60.7 Å².